The van der Waals surface area contributed by atoms with Crippen LogP contribution in [-0.2, 0) is 4.74 Å². The zero-order valence-electron chi connectivity index (χ0n) is 17.7. The summed E-state index contributed by atoms with van der Waals surface area (Å²) in [5, 5.41) is 69.2. The molecule has 0 radical (unpaired) electrons. The van der Waals surface area contributed by atoms with Crippen molar-refractivity contribution in [3.05, 3.63) is 40.6 Å². The van der Waals surface area contributed by atoms with Gasteiger partial charge in [-0.3, -0.25) is 4.79 Å². The molecule has 12 nitrogen and oxygen atoms in total. The Labute approximate surface area is 191 Å². The molecule has 1 aliphatic heterocycles. The summed E-state index contributed by atoms with van der Waals surface area (Å²) in [6.07, 6.45) is -8.00. The summed E-state index contributed by atoms with van der Waals surface area (Å²) >= 11 is 0. The summed E-state index contributed by atoms with van der Waals surface area (Å²) in [4.78, 5) is 12.8. The predicted octanol–water partition coefficient (Wildman–Crippen LogP) is -0.236. The van der Waals surface area contributed by atoms with Gasteiger partial charge in [-0.1, -0.05) is 0 Å². The summed E-state index contributed by atoms with van der Waals surface area (Å²) in [6, 6.07) is 6.10. The Hall–Kier alpha value is -3.55. The number of aliphatic hydroxyl groups is 4. The first-order valence-corrected chi connectivity index (χ1v) is 10.0. The molecule has 0 amide bonds. The number of fused-ring (bicyclic) bond motifs is 1. The van der Waals surface area contributed by atoms with Crippen molar-refractivity contribution in [2.75, 3.05) is 13.7 Å². The first-order chi connectivity index (χ1) is 16.2. The van der Waals surface area contributed by atoms with E-state index >= 15 is 0 Å². The minimum absolute atomic E-state index is 0.0249. The number of benzene rings is 2. The topological polar surface area (TPSA) is 200 Å². The Morgan fingerprint density at radius 1 is 0.971 bits per heavy atom. The summed E-state index contributed by atoms with van der Waals surface area (Å²) in [7, 11) is 1.24. The van der Waals surface area contributed by atoms with Gasteiger partial charge in [-0.2, -0.15) is 0 Å². The predicted molar refractivity (Wildman–Crippen MR) is 114 cm³/mol. The van der Waals surface area contributed by atoms with E-state index in [1.807, 2.05) is 0 Å². The molecule has 7 N–H and O–H groups in total. The van der Waals surface area contributed by atoms with Gasteiger partial charge in [-0.05, 0) is 18.2 Å². The van der Waals surface area contributed by atoms with E-state index in [0.717, 1.165) is 6.07 Å². The smallest absolute Gasteiger partial charge is 0.229 e. The molecule has 34 heavy (non-hydrogen) atoms. The molecule has 2 unspecified atom stereocenters. The first-order valence-electron chi connectivity index (χ1n) is 10.0. The maximum Gasteiger partial charge on any atom is 0.229 e. The number of hydrogen-bond donors (Lipinski definition) is 7. The van der Waals surface area contributed by atoms with Gasteiger partial charge in [0.1, 0.15) is 41.1 Å². The lowest BCUT2D eigenvalue weighted by atomic mass is 9.99. The monoisotopic (exact) mass is 478 g/mol. The molecule has 1 fully saturated rings. The minimum atomic E-state index is -1.77. The minimum Gasteiger partial charge on any atom is -0.504 e. The zero-order chi connectivity index (χ0) is 24.7. The fourth-order valence-electron chi connectivity index (χ4n) is 3.63. The SMILES string of the molecule is COc1cc2oc(-c3ccc(O)c(O)c3)cc(=O)c2c(O)c1O[C@@H]1OC(CO)[C@@H](O)[C@H](O)C1O. The molecule has 0 bridgehead atoms. The van der Waals surface area contributed by atoms with Crippen LogP contribution < -0.4 is 14.9 Å². The number of aliphatic hydroxyl groups excluding tert-OH is 4. The zero-order valence-corrected chi connectivity index (χ0v) is 17.7. The lowest BCUT2D eigenvalue weighted by Gasteiger charge is -2.39. The molecule has 12 heteroatoms. The molecule has 3 aromatic rings. The third kappa shape index (κ3) is 3.97. The van der Waals surface area contributed by atoms with Crippen LogP contribution in [0.1, 0.15) is 0 Å². The highest BCUT2D eigenvalue weighted by molar-refractivity contribution is 5.89. The van der Waals surface area contributed by atoms with Crippen LogP contribution >= 0.6 is 0 Å². The Bertz CT molecular complexity index is 1270. The summed E-state index contributed by atoms with van der Waals surface area (Å²) in [6.45, 7) is -0.690. The Balaban J connectivity index is 1.78. The van der Waals surface area contributed by atoms with Gasteiger partial charge in [0.25, 0.3) is 0 Å². The van der Waals surface area contributed by atoms with Crippen LogP contribution in [0.15, 0.2) is 39.5 Å². The van der Waals surface area contributed by atoms with Gasteiger partial charge in [0.2, 0.25) is 12.0 Å². The van der Waals surface area contributed by atoms with Crippen LogP contribution in [-0.4, -0.2) is 80.2 Å². The lowest BCUT2D eigenvalue weighted by molar-refractivity contribution is -0.277. The standard InChI is InChI=1S/C22H22O12/c1-31-14-6-13-16(11(26)5-12(32-13)8-2-3-9(24)10(25)4-8)18(28)21(14)34-22-20(30)19(29)17(27)15(7-23)33-22/h2-6,15,17,19-20,22-25,27-30H,7H2,1H3/t15?,17-,19+,20?,22+/m1/s1. The Morgan fingerprint density at radius 2 is 1.71 bits per heavy atom. The van der Waals surface area contributed by atoms with Crippen molar-refractivity contribution < 1.29 is 54.4 Å². The van der Waals surface area contributed by atoms with Crippen molar-refractivity contribution in [2.45, 2.75) is 30.7 Å². The molecule has 0 spiro atoms. The number of phenolic OH excluding ortho intramolecular Hbond substituents is 3. The molecule has 182 valence electrons. The van der Waals surface area contributed by atoms with Gasteiger partial charge >= 0.3 is 0 Å². The third-order valence-corrected chi connectivity index (χ3v) is 5.48. The van der Waals surface area contributed by atoms with E-state index in [2.05, 4.69) is 0 Å². The summed E-state index contributed by atoms with van der Waals surface area (Å²) in [5.74, 6) is -2.01. The highest BCUT2D eigenvalue weighted by Crippen LogP contribution is 2.44. The largest absolute Gasteiger partial charge is 0.504 e. The van der Waals surface area contributed by atoms with Crippen LogP contribution in [0.2, 0.25) is 0 Å². The van der Waals surface area contributed by atoms with Crippen LogP contribution in [0.4, 0.5) is 0 Å². The maximum absolute atomic E-state index is 12.8. The summed E-state index contributed by atoms with van der Waals surface area (Å²) < 4.78 is 21.7. The second kappa shape index (κ2) is 9.00. The molecule has 0 saturated carbocycles. The Morgan fingerprint density at radius 3 is 2.35 bits per heavy atom. The van der Waals surface area contributed by atoms with Crippen molar-refractivity contribution >= 4 is 11.0 Å². The normalized spacial score (nSPS) is 24.8. The van der Waals surface area contributed by atoms with Gasteiger partial charge in [0.15, 0.2) is 28.4 Å². The van der Waals surface area contributed by atoms with E-state index < -0.39 is 60.0 Å². The van der Waals surface area contributed by atoms with E-state index in [1.165, 1.54) is 31.4 Å². The van der Waals surface area contributed by atoms with Crippen LogP contribution in [0, 0.1) is 0 Å². The Kier molecular flexibility index (Phi) is 6.25. The van der Waals surface area contributed by atoms with Crippen molar-refractivity contribution in [1.82, 2.24) is 0 Å². The number of ether oxygens (including phenoxy) is 3. The van der Waals surface area contributed by atoms with Crippen molar-refractivity contribution in [2.24, 2.45) is 0 Å². The quantitative estimate of drug-likeness (QED) is 0.238. The lowest BCUT2D eigenvalue weighted by Crippen LogP contribution is -2.60. The first kappa shape index (κ1) is 23.6. The maximum atomic E-state index is 12.8. The van der Waals surface area contributed by atoms with E-state index in [-0.39, 0.29) is 33.8 Å². The van der Waals surface area contributed by atoms with Gasteiger partial charge < -0.3 is 54.4 Å². The summed E-state index contributed by atoms with van der Waals surface area (Å²) in [5.41, 5.74) is -0.525. The van der Waals surface area contributed by atoms with E-state index in [1.54, 1.807) is 0 Å². The molecular weight excluding hydrogens is 456 g/mol. The molecule has 1 aliphatic rings. The van der Waals surface area contributed by atoms with Gasteiger partial charge in [-0.15, -0.1) is 0 Å². The van der Waals surface area contributed by atoms with Gasteiger partial charge in [0.05, 0.1) is 13.7 Å². The van der Waals surface area contributed by atoms with E-state index in [4.69, 9.17) is 18.6 Å². The average Bonchev–Trinajstić information content (AvgIpc) is 2.81. The van der Waals surface area contributed by atoms with Crippen molar-refractivity contribution in [1.29, 1.82) is 0 Å². The van der Waals surface area contributed by atoms with Crippen LogP contribution in [0.3, 0.4) is 0 Å². The molecule has 1 aromatic heterocycles. The average molecular weight is 478 g/mol. The molecule has 0 aliphatic carbocycles. The third-order valence-electron chi connectivity index (χ3n) is 5.48. The number of methoxy groups -OCH3 is 1. The highest BCUT2D eigenvalue weighted by atomic mass is 16.7. The molecule has 1 saturated heterocycles. The second-order valence-electron chi connectivity index (χ2n) is 7.62. The molecule has 4 rings (SSSR count). The van der Waals surface area contributed by atoms with Crippen molar-refractivity contribution in [3.8, 4) is 40.1 Å². The highest BCUT2D eigenvalue weighted by Gasteiger charge is 2.45. The fraction of sp³-hybridized carbons (Fsp3) is 0.318. The number of hydrogen-bond acceptors (Lipinski definition) is 12. The van der Waals surface area contributed by atoms with Gasteiger partial charge in [0, 0.05) is 17.7 Å². The number of phenols is 3. The molecule has 2 aromatic carbocycles. The molecule has 2 heterocycles. The van der Waals surface area contributed by atoms with E-state index in [0.29, 0.717) is 0 Å². The van der Waals surface area contributed by atoms with Crippen molar-refractivity contribution in [3.63, 3.8) is 0 Å². The number of aromatic hydroxyl groups is 3. The second-order valence-corrected chi connectivity index (χ2v) is 7.62. The van der Waals surface area contributed by atoms with Crippen LogP contribution in [0.5, 0.6) is 28.7 Å². The fourth-order valence-corrected chi connectivity index (χ4v) is 3.63. The van der Waals surface area contributed by atoms with E-state index in [9.17, 15) is 40.5 Å². The van der Waals surface area contributed by atoms with Gasteiger partial charge in [-0.25, -0.2) is 0 Å². The molecular formula is C22H22O12. The van der Waals surface area contributed by atoms with Crippen LogP contribution in [0.25, 0.3) is 22.3 Å². The molecule has 5 atom stereocenters. The number of rotatable bonds is 5.